The monoisotopic (exact) mass is 464 g/mol. The van der Waals surface area contributed by atoms with Gasteiger partial charge >= 0.3 is 11.9 Å². The maximum absolute atomic E-state index is 12.0. The lowest BCUT2D eigenvalue weighted by molar-refractivity contribution is -0.149. The number of carbonyl (C=O) groups excluding carboxylic acids is 2. The average molecular weight is 465 g/mol. The zero-order chi connectivity index (χ0) is 24.4. The van der Waals surface area contributed by atoms with Gasteiger partial charge in [0.1, 0.15) is 6.10 Å². The molecule has 33 heavy (non-hydrogen) atoms. The van der Waals surface area contributed by atoms with Gasteiger partial charge in [0, 0.05) is 25.7 Å². The van der Waals surface area contributed by atoms with Crippen LogP contribution >= 0.6 is 0 Å². The first-order chi connectivity index (χ1) is 16.1. The van der Waals surface area contributed by atoms with E-state index in [0.29, 0.717) is 19.4 Å². The second-order valence-corrected chi connectivity index (χ2v) is 9.14. The summed E-state index contributed by atoms with van der Waals surface area (Å²) in [5, 5.41) is 0. The molecule has 0 bridgehead atoms. The minimum Gasteiger partial charge on any atom is -0.466 e. The van der Waals surface area contributed by atoms with Gasteiger partial charge in [-0.15, -0.1) is 5.92 Å². The van der Waals surface area contributed by atoms with E-state index in [2.05, 4.69) is 25.7 Å². The van der Waals surface area contributed by atoms with Crippen LogP contribution in [0.1, 0.15) is 149 Å². The minimum absolute atomic E-state index is 0.149. The third-order valence-electron chi connectivity index (χ3n) is 5.86. The Hall–Kier alpha value is -1.50. The van der Waals surface area contributed by atoms with Gasteiger partial charge in [-0.3, -0.25) is 9.59 Å². The summed E-state index contributed by atoms with van der Waals surface area (Å²) in [7, 11) is 0. The first-order valence-corrected chi connectivity index (χ1v) is 13.9. The van der Waals surface area contributed by atoms with Crippen molar-refractivity contribution in [1.29, 1.82) is 0 Å². The number of carbonyl (C=O) groups is 2. The van der Waals surface area contributed by atoms with E-state index in [-0.39, 0.29) is 30.9 Å². The lowest BCUT2D eigenvalue weighted by Crippen LogP contribution is -2.17. The smallest absolute Gasteiger partial charge is 0.306 e. The van der Waals surface area contributed by atoms with Gasteiger partial charge in [0.15, 0.2) is 0 Å². The van der Waals surface area contributed by atoms with Gasteiger partial charge in [-0.25, -0.2) is 0 Å². The van der Waals surface area contributed by atoms with Crippen molar-refractivity contribution in [2.24, 2.45) is 0 Å². The lowest BCUT2D eigenvalue weighted by Gasteiger charge is -2.13. The molecule has 0 fully saturated rings. The molecular weight excluding hydrogens is 412 g/mol. The van der Waals surface area contributed by atoms with Crippen LogP contribution in [0.5, 0.6) is 0 Å². The molecule has 0 aromatic rings. The van der Waals surface area contributed by atoms with Crippen molar-refractivity contribution in [1.82, 2.24) is 0 Å². The second-order valence-electron chi connectivity index (χ2n) is 9.14. The normalized spacial score (nSPS) is 11.5. The Labute approximate surface area is 205 Å². The highest BCUT2D eigenvalue weighted by Gasteiger charge is 2.12. The van der Waals surface area contributed by atoms with Crippen molar-refractivity contribution in [3.63, 3.8) is 0 Å². The third kappa shape index (κ3) is 23.5. The molecule has 1 atom stereocenters. The van der Waals surface area contributed by atoms with E-state index in [1.165, 1.54) is 70.6 Å². The fourth-order valence-electron chi connectivity index (χ4n) is 3.67. The van der Waals surface area contributed by atoms with Crippen LogP contribution in [-0.2, 0) is 19.1 Å². The number of rotatable bonds is 22. The average Bonchev–Trinajstić information content (AvgIpc) is 2.81. The van der Waals surface area contributed by atoms with E-state index in [4.69, 9.17) is 9.47 Å². The van der Waals surface area contributed by atoms with Crippen LogP contribution in [0.4, 0.5) is 0 Å². The highest BCUT2D eigenvalue weighted by molar-refractivity contribution is 5.72. The molecule has 0 aromatic carbocycles. The van der Waals surface area contributed by atoms with Crippen molar-refractivity contribution in [2.45, 2.75) is 155 Å². The molecule has 4 nitrogen and oxygen atoms in total. The number of ether oxygens (including phenoxy) is 2. The lowest BCUT2D eigenvalue weighted by atomic mass is 10.0. The van der Waals surface area contributed by atoms with E-state index >= 15 is 0 Å². The predicted octanol–water partition coefficient (Wildman–Crippen LogP) is 8.31. The molecule has 0 N–H and O–H groups in total. The Morgan fingerprint density at radius 2 is 1.18 bits per heavy atom. The number of hydrogen-bond donors (Lipinski definition) is 0. The Bertz CT molecular complexity index is 517. The van der Waals surface area contributed by atoms with Gasteiger partial charge in [-0.2, -0.15) is 0 Å². The van der Waals surface area contributed by atoms with Crippen molar-refractivity contribution in [2.75, 3.05) is 6.61 Å². The second kappa shape index (κ2) is 25.1. The summed E-state index contributed by atoms with van der Waals surface area (Å²) >= 11 is 0. The molecule has 1 unspecified atom stereocenters. The Kier molecular flexibility index (Phi) is 24.0. The molecule has 0 aromatic heterocycles. The van der Waals surface area contributed by atoms with Gasteiger partial charge in [-0.05, 0) is 25.7 Å². The van der Waals surface area contributed by atoms with E-state index < -0.39 is 0 Å². The van der Waals surface area contributed by atoms with Gasteiger partial charge in [0.2, 0.25) is 0 Å². The molecule has 192 valence electrons. The molecular formula is C29H52O4. The molecule has 0 saturated carbocycles. The molecule has 0 spiro atoms. The van der Waals surface area contributed by atoms with Crippen LogP contribution in [0.25, 0.3) is 0 Å². The van der Waals surface area contributed by atoms with Crippen molar-refractivity contribution < 1.29 is 19.1 Å². The first kappa shape index (κ1) is 31.5. The molecule has 0 aliphatic rings. The molecule has 0 radical (unpaired) electrons. The molecule has 0 heterocycles. The molecule has 4 heteroatoms. The number of hydrogen-bond acceptors (Lipinski definition) is 4. The van der Waals surface area contributed by atoms with Crippen LogP contribution in [0, 0.1) is 11.8 Å². The van der Waals surface area contributed by atoms with Gasteiger partial charge < -0.3 is 9.47 Å². The number of unbranched alkanes of at least 4 members (excludes halogenated alkanes) is 13. The van der Waals surface area contributed by atoms with Crippen LogP contribution in [0.2, 0.25) is 0 Å². The Balaban J connectivity index is 3.50. The molecule has 0 saturated heterocycles. The summed E-state index contributed by atoms with van der Waals surface area (Å²) in [6, 6.07) is 0. The summed E-state index contributed by atoms with van der Waals surface area (Å²) in [6.07, 6.45) is 21.1. The van der Waals surface area contributed by atoms with E-state index in [0.717, 1.165) is 32.1 Å². The highest BCUT2D eigenvalue weighted by atomic mass is 16.5. The summed E-state index contributed by atoms with van der Waals surface area (Å²) in [4.78, 5) is 23.8. The highest BCUT2D eigenvalue weighted by Crippen LogP contribution is 2.13. The van der Waals surface area contributed by atoms with Crippen LogP contribution in [-0.4, -0.2) is 24.6 Å². The van der Waals surface area contributed by atoms with E-state index in [1.54, 1.807) is 0 Å². The largest absolute Gasteiger partial charge is 0.466 e. The fourth-order valence-corrected chi connectivity index (χ4v) is 3.67. The minimum atomic E-state index is -0.247. The van der Waals surface area contributed by atoms with Gasteiger partial charge in [0.25, 0.3) is 0 Å². The SMILES string of the molecule is CCCC#CCC(CC)OC(=O)CCCC(=O)OCCCCCCCCCCCCCCC. The summed E-state index contributed by atoms with van der Waals surface area (Å²) in [5.74, 6) is 5.70. The third-order valence-corrected chi connectivity index (χ3v) is 5.86. The van der Waals surface area contributed by atoms with E-state index in [1.807, 2.05) is 6.92 Å². The Morgan fingerprint density at radius 3 is 1.73 bits per heavy atom. The molecule has 0 aliphatic carbocycles. The van der Waals surface area contributed by atoms with Crippen LogP contribution in [0.15, 0.2) is 0 Å². The topological polar surface area (TPSA) is 52.6 Å². The maximum atomic E-state index is 12.0. The zero-order valence-electron chi connectivity index (χ0n) is 22.1. The first-order valence-electron chi connectivity index (χ1n) is 13.9. The molecule has 0 rings (SSSR count). The van der Waals surface area contributed by atoms with Crippen molar-refractivity contribution >= 4 is 11.9 Å². The van der Waals surface area contributed by atoms with Gasteiger partial charge in [0.05, 0.1) is 6.61 Å². The summed E-state index contributed by atoms with van der Waals surface area (Å²) < 4.78 is 10.7. The quantitative estimate of drug-likeness (QED) is 0.0918. The van der Waals surface area contributed by atoms with E-state index in [9.17, 15) is 9.59 Å². The molecule has 0 aliphatic heterocycles. The standard InChI is InChI=1S/C29H52O4/c1-4-7-9-11-12-13-14-15-16-17-18-19-21-26-32-28(30)24-22-25-29(31)33-27(6-3)23-20-10-8-5-2/h27H,4-9,11-19,21-26H2,1-3H3. The number of esters is 2. The zero-order valence-corrected chi connectivity index (χ0v) is 22.1. The summed E-state index contributed by atoms with van der Waals surface area (Å²) in [5.41, 5.74) is 0. The fraction of sp³-hybridized carbons (Fsp3) is 0.862. The molecule has 0 amide bonds. The van der Waals surface area contributed by atoms with Crippen LogP contribution < -0.4 is 0 Å². The predicted molar refractivity (Wildman–Crippen MR) is 138 cm³/mol. The maximum Gasteiger partial charge on any atom is 0.306 e. The van der Waals surface area contributed by atoms with Gasteiger partial charge in [-0.1, -0.05) is 104 Å². The summed E-state index contributed by atoms with van der Waals surface area (Å²) in [6.45, 7) is 6.85. The van der Waals surface area contributed by atoms with Crippen molar-refractivity contribution in [3.05, 3.63) is 0 Å². The Morgan fingerprint density at radius 1 is 0.636 bits per heavy atom. The van der Waals surface area contributed by atoms with Crippen LogP contribution in [0.3, 0.4) is 0 Å². The van der Waals surface area contributed by atoms with Crippen molar-refractivity contribution in [3.8, 4) is 11.8 Å².